The van der Waals surface area contributed by atoms with Crippen LogP contribution in [0.5, 0.6) is 0 Å². The van der Waals surface area contributed by atoms with Gasteiger partial charge in [0.1, 0.15) is 11.6 Å². The summed E-state index contributed by atoms with van der Waals surface area (Å²) in [5.74, 6) is -0.888. The van der Waals surface area contributed by atoms with Gasteiger partial charge in [-0.3, -0.25) is 4.79 Å². The van der Waals surface area contributed by atoms with Gasteiger partial charge in [0.15, 0.2) is 0 Å². The molecule has 3 nitrogen and oxygen atoms in total. The van der Waals surface area contributed by atoms with Crippen molar-refractivity contribution in [3.05, 3.63) is 53.1 Å². The summed E-state index contributed by atoms with van der Waals surface area (Å²) < 4.78 is 28.4. The SMILES string of the molecule is O=CN1CCN(c2ccc(-c3ccc(Cl)cc3F)cc2F)CC1. The van der Waals surface area contributed by atoms with E-state index in [0.29, 0.717) is 48.0 Å². The van der Waals surface area contributed by atoms with Crippen molar-refractivity contribution >= 4 is 23.7 Å². The molecule has 120 valence electrons. The first-order valence-corrected chi connectivity index (χ1v) is 7.65. The minimum absolute atomic E-state index is 0.302. The predicted octanol–water partition coefficient (Wildman–Crippen LogP) is 3.56. The van der Waals surface area contributed by atoms with Crippen LogP contribution in [0, 0.1) is 11.6 Å². The highest BCUT2D eigenvalue weighted by Crippen LogP contribution is 2.29. The minimum Gasteiger partial charge on any atom is -0.366 e. The maximum atomic E-state index is 14.4. The Kier molecular flexibility index (Phi) is 4.48. The van der Waals surface area contributed by atoms with E-state index in [1.54, 1.807) is 23.1 Å². The third-order valence-corrected chi connectivity index (χ3v) is 4.23. The highest BCUT2D eigenvalue weighted by Gasteiger charge is 2.19. The van der Waals surface area contributed by atoms with Crippen LogP contribution in [0.15, 0.2) is 36.4 Å². The van der Waals surface area contributed by atoms with Crippen molar-refractivity contribution in [2.75, 3.05) is 31.1 Å². The molecule has 1 fully saturated rings. The van der Waals surface area contributed by atoms with Crippen LogP contribution >= 0.6 is 11.6 Å². The molecule has 0 spiro atoms. The molecule has 0 saturated carbocycles. The van der Waals surface area contributed by atoms with Gasteiger partial charge in [-0.1, -0.05) is 17.7 Å². The fraction of sp³-hybridized carbons (Fsp3) is 0.235. The molecule has 0 aromatic heterocycles. The van der Waals surface area contributed by atoms with E-state index in [-0.39, 0.29) is 0 Å². The monoisotopic (exact) mass is 336 g/mol. The maximum absolute atomic E-state index is 14.4. The smallest absolute Gasteiger partial charge is 0.209 e. The van der Waals surface area contributed by atoms with Gasteiger partial charge in [0.05, 0.1) is 5.69 Å². The lowest BCUT2D eigenvalue weighted by Gasteiger charge is -2.34. The molecule has 1 aliphatic rings. The zero-order valence-corrected chi connectivity index (χ0v) is 13.1. The van der Waals surface area contributed by atoms with Crippen LogP contribution in [0.1, 0.15) is 0 Å². The zero-order chi connectivity index (χ0) is 16.4. The first kappa shape index (κ1) is 15.7. The highest BCUT2D eigenvalue weighted by molar-refractivity contribution is 6.30. The van der Waals surface area contributed by atoms with Crippen LogP contribution in [0.25, 0.3) is 11.1 Å². The molecule has 1 heterocycles. The molecule has 0 aliphatic carbocycles. The van der Waals surface area contributed by atoms with Gasteiger partial charge in [-0.15, -0.1) is 0 Å². The Hall–Kier alpha value is -2.14. The lowest BCUT2D eigenvalue weighted by molar-refractivity contribution is -0.118. The second-order valence-corrected chi connectivity index (χ2v) is 5.86. The first-order valence-electron chi connectivity index (χ1n) is 7.28. The Labute approximate surface area is 138 Å². The van der Waals surface area contributed by atoms with Crippen molar-refractivity contribution in [2.24, 2.45) is 0 Å². The number of piperazine rings is 1. The highest BCUT2D eigenvalue weighted by atomic mass is 35.5. The van der Waals surface area contributed by atoms with Gasteiger partial charge in [0.25, 0.3) is 0 Å². The summed E-state index contributed by atoms with van der Waals surface area (Å²) in [6.07, 6.45) is 0.806. The van der Waals surface area contributed by atoms with Gasteiger partial charge in [0, 0.05) is 36.8 Å². The molecular formula is C17H15ClF2N2O. The molecule has 23 heavy (non-hydrogen) atoms. The van der Waals surface area contributed by atoms with Gasteiger partial charge in [-0.25, -0.2) is 8.78 Å². The van der Waals surface area contributed by atoms with E-state index in [1.807, 2.05) is 4.90 Å². The third kappa shape index (κ3) is 3.29. The van der Waals surface area contributed by atoms with E-state index in [1.165, 1.54) is 18.2 Å². The molecule has 1 saturated heterocycles. The van der Waals surface area contributed by atoms with Gasteiger partial charge >= 0.3 is 0 Å². The topological polar surface area (TPSA) is 23.6 Å². The fourth-order valence-corrected chi connectivity index (χ4v) is 2.88. The summed E-state index contributed by atoms with van der Waals surface area (Å²) in [5, 5.41) is 0.302. The number of carbonyl (C=O) groups excluding carboxylic acids is 1. The molecule has 2 aromatic carbocycles. The molecule has 0 radical (unpaired) electrons. The van der Waals surface area contributed by atoms with E-state index in [0.717, 1.165) is 6.41 Å². The van der Waals surface area contributed by atoms with Gasteiger partial charge in [0.2, 0.25) is 6.41 Å². The van der Waals surface area contributed by atoms with Crippen molar-refractivity contribution in [3.8, 4) is 11.1 Å². The molecule has 1 amide bonds. The number of anilines is 1. The standard InChI is InChI=1S/C17H15ClF2N2O/c18-13-2-3-14(15(19)10-13)12-1-4-17(16(20)9-12)22-7-5-21(11-23)6-8-22/h1-4,9-11H,5-8H2. The van der Waals surface area contributed by atoms with E-state index >= 15 is 0 Å². The van der Waals surface area contributed by atoms with Gasteiger partial charge in [-0.05, 0) is 35.9 Å². The third-order valence-electron chi connectivity index (χ3n) is 3.99. The average Bonchev–Trinajstić information content (AvgIpc) is 2.55. The van der Waals surface area contributed by atoms with Crippen LogP contribution in [-0.4, -0.2) is 37.5 Å². The van der Waals surface area contributed by atoms with Crippen molar-refractivity contribution in [1.82, 2.24) is 4.90 Å². The van der Waals surface area contributed by atoms with E-state index < -0.39 is 11.6 Å². The van der Waals surface area contributed by atoms with Crippen molar-refractivity contribution in [1.29, 1.82) is 0 Å². The number of benzene rings is 2. The molecule has 3 rings (SSSR count). The predicted molar refractivity (Wildman–Crippen MR) is 86.7 cm³/mol. The Morgan fingerprint density at radius 3 is 2.30 bits per heavy atom. The number of carbonyl (C=O) groups is 1. The summed E-state index contributed by atoms with van der Waals surface area (Å²) in [4.78, 5) is 14.3. The Morgan fingerprint density at radius 2 is 1.70 bits per heavy atom. The number of halogens is 3. The summed E-state index contributed by atoms with van der Waals surface area (Å²) in [6, 6.07) is 8.99. The van der Waals surface area contributed by atoms with Gasteiger partial charge < -0.3 is 9.80 Å². The molecule has 0 unspecified atom stereocenters. The number of hydrogen-bond acceptors (Lipinski definition) is 2. The molecule has 1 aliphatic heterocycles. The van der Waals surface area contributed by atoms with Crippen LogP contribution in [0.3, 0.4) is 0 Å². The normalized spacial score (nSPS) is 14.9. The molecule has 2 aromatic rings. The fourth-order valence-electron chi connectivity index (χ4n) is 2.72. The number of rotatable bonds is 3. The lowest BCUT2D eigenvalue weighted by atomic mass is 10.0. The molecule has 0 bridgehead atoms. The second kappa shape index (κ2) is 6.54. The number of hydrogen-bond donors (Lipinski definition) is 0. The number of amides is 1. The Balaban J connectivity index is 1.85. The first-order chi connectivity index (χ1) is 11.1. The van der Waals surface area contributed by atoms with Crippen molar-refractivity contribution in [3.63, 3.8) is 0 Å². The lowest BCUT2D eigenvalue weighted by Crippen LogP contribution is -2.46. The number of nitrogens with zero attached hydrogens (tertiary/aromatic N) is 2. The van der Waals surface area contributed by atoms with Crippen LogP contribution in [0.2, 0.25) is 5.02 Å². The largest absolute Gasteiger partial charge is 0.366 e. The summed E-state index contributed by atoms with van der Waals surface area (Å²) in [5.41, 5.74) is 1.24. The summed E-state index contributed by atoms with van der Waals surface area (Å²) >= 11 is 5.74. The van der Waals surface area contributed by atoms with Crippen LogP contribution < -0.4 is 4.90 Å². The molecule has 0 atom stereocenters. The molecule has 0 N–H and O–H groups in total. The van der Waals surface area contributed by atoms with Gasteiger partial charge in [-0.2, -0.15) is 0 Å². The Bertz CT molecular complexity index is 731. The zero-order valence-electron chi connectivity index (χ0n) is 12.3. The van der Waals surface area contributed by atoms with Crippen LogP contribution in [0.4, 0.5) is 14.5 Å². The maximum Gasteiger partial charge on any atom is 0.209 e. The molecule has 6 heteroatoms. The van der Waals surface area contributed by atoms with Crippen molar-refractivity contribution in [2.45, 2.75) is 0 Å². The van der Waals surface area contributed by atoms with E-state index in [9.17, 15) is 13.6 Å². The molecular weight excluding hydrogens is 322 g/mol. The minimum atomic E-state index is -0.482. The quantitative estimate of drug-likeness (QED) is 0.800. The van der Waals surface area contributed by atoms with Crippen LogP contribution in [-0.2, 0) is 4.79 Å². The van der Waals surface area contributed by atoms with E-state index in [4.69, 9.17) is 11.6 Å². The van der Waals surface area contributed by atoms with Crippen molar-refractivity contribution < 1.29 is 13.6 Å². The summed E-state index contributed by atoms with van der Waals surface area (Å²) in [7, 11) is 0. The average molecular weight is 337 g/mol. The van der Waals surface area contributed by atoms with E-state index in [2.05, 4.69) is 0 Å². The second-order valence-electron chi connectivity index (χ2n) is 5.42. The summed E-state index contributed by atoms with van der Waals surface area (Å²) in [6.45, 7) is 2.28. The Morgan fingerprint density at radius 1 is 0.957 bits per heavy atom.